The van der Waals surface area contributed by atoms with Crippen molar-refractivity contribution in [1.29, 1.82) is 0 Å². The minimum atomic E-state index is -0.0208. The molecule has 0 nitrogen and oxygen atoms in total. The van der Waals surface area contributed by atoms with Gasteiger partial charge in [0.25, 0.3) is 0 Å². The maximum atomic E-state index is 2.39. The average Bonchev–Trinajstić information content (AvgIpc) is 3.36. The molecule has 0 aliphatic heterocycles. The van der Waals surface area contributed by atoms with E-state index < -0.39 is 0 Å². The lowest BCUT2D eigenvalue weighted by atomic mass is 9.83. The molecule has 0 aromatic heterocycles. The van der Waals surface area contributed by atoms with Gasteiger partial charge in [-0.1, -0.05) is 215 Å². The second kappa shape index (κ2) is 14.9. The Labute approximate surface area is 374 Å². The van der Waals surface area contributed by atoms with Crippen LogP contribution in [-0.2, 0) is 5.41 Å². The third kappa shape index (κ3) is 6.45. The van der Waals surface area contributed by atoms with E-state index in [1.165, 1.54) is 126 Å². The summed E-state index contributed by atoms with van der Waals surface area (Å²) in [6, 6.07) is 83.6. The highest BCUT2D eigenvalue weighted by Gasteiger charge is 2.18. The molecule has 0 atom stereocenters. The predicted octanol–water partition coefficient (Wildman–Crippen LogP) is 18.2. The standard InChI is InChI=1S/C64H46/c1-64(2,3)51-37-49(36-50(38-51)46-17-13-16-45(35-46)48-31-33-61-57-23-7-5-19-53(57)55-21-9-11-25-59(55)63(61)40-48)42-28-26-41(27-29-42)43-14-12-15-44(34-43)47-30-32-60-56-22-6-4-18-52(56)54-20-8-10-24-58(54)62(60)39-47/h4-40H,1-3H3. The molecule has 0 heteroatoms. The first-order valence-corrected chi connectivity index (χ1v) is 22.5. The van der Waals surface area contributed by atoms with Crippen LogP contribution < -0.4 is 0 Å². The van der Waals surface area contributed by atoms with Gasteiger partial charge >= 0.3 is 0 Å². The largest absolute Gasteiger partial charge is 0.0616 e. The predicted molar refractivity (Wildman–Crippen MR) is 277 cm³/mol. The molecule has 0 unspecified atom stereocenters. The highest BCUT2D eigenvalue weighted by Crippen LogP contribution is 2.41. The summed E-state index contributed by atoms with van der Waals surface area (Å²) < 4.78 is 0. The van der Waals surface area contributed by atoms with E-state index in [9.17, 15) is 0 Å². The molecule has 0 aliphatic carbocycles. The van der Waals surface area contributed by atoms with Crippen LogP contribution in [0.5, 0.6) is 0 Å². The topological polar surface area (TPSA) is 0 Å². The van der Waals surface area contributed by atoms with Gasteiger partial charge in [0.2, 0.25) is 0 Å². The number of benzene rings is 12. The van der Waals surface area contributed by atoms with Gasteiger partial charge in [-0.25, -0.2) is 0 Å². The van der Waals surface area contributed by atoms with Crippen molar-refractivity contribution in [2.24, 2.45) is 0 Å². The summed E-state index contributed by atoms with van der Waals surface area (Å²) >= 11 is 0. The molecule has 0 amide bonds. The fraction of sp³-hybridized carbons (Fsp3) is 0.0625. The second-order valence-corrected chi connectivity index (χ2v) is 18.5. The first kappa shape index (κ1) is 37.9. The summed E-state index contributed by atoms with van der Waals surface area (Å²) in [5.74, 6) is 0. The Balaban J connectivity index is 0.889. The molecular weight excluding hydrogens is 769 g/mol. The van der Waals surface area contributed by atoms with Crippen LogP contribution in [0.15, 0.2) is 224 Å². The van der Waals surface area contributed by atoms with Crippen LogP contribution in [0, 0.1) is 0 Å². The van der Waals surface area contributed by atoms with Crippen molar-refractivity contribution in [3.05, 3.63) is 230 Å². The van der Waals surface area contributed by atoms with E-state index >= 15 is 0 Å². The van der Waals surface area contributed by atoms with Gasteiger partial charge in [-0.15, -0.1) is 0 Å². The van der Waals surface area contributed by atoms with Gasteiger partial charge in [0.05, 0.1) is 0 Å². The van der Waals surface area contributed by atoms with Gasteiger partial charge in [-0.3, -0.25) is 0 Å². The summed E-state index contributed by atoms with van der Waals surface area (Å²) in [4.78, 5) is 0. The maximum absolute atomic E-state index is 2.39. The molecule has 0 aliphatic rings. The number of fused-ring (bicyclic) bond motifs is 12. The monoisotopic (exact) mass is 814 g/mol. The summed E-state index contributed by atoms with van der Waals surface area (Å²) in [7, 11) is 0. The molecule has 0 saturated carbocycles. The summed E-state index contributed by atoms with van der Waals surface area (Å²) in [5, 5.41) is 15.6. The first-order chi connectivity index (χ1) is 31.3. The SMILES string of the molecule is CC(C)(C)c1cc(-c2ccc(-c3cccc(-c4ccc5c6ccccc6c6ccccc6c5c4)c3)cc2)cc(-c2cccc(-c3ccc4c5ccccc5c5ccccc5c4c3)c2)c1. The Kier molecular flexibility index (Phi) is 8.85. The highest BCUT2D eigenvalue weighted by molar-refractivity contribution is 6.27. The molecule has 12 rings (SSSR count). The summed E-state index contributed by atoms with van der Waals surface area (Å²) in [5.41, 5.74) is 13.5. The Morgan fingerprint density at radius 1 is 0.188 bits per heavy atom. The van der Waals surface area contributed by atoms with Crippen molar-refractivity contribution in [3.63, 3.8) is 0 Å². The van der Waals surface area contributed by atoms with Crippen LogP contribution in [0.4, 0.5) is 0 Å². The van der Waals surface area contributed by atoms with E-state index in [4.69, 9.17) is 0 Å². The molecule has 302 valence electrons. The van der Waals surface area contributed by atoms with E-state index in [1.807, 2.05) is 0 Å². The highest BCUT2D eigenvalue weighted by atomic mass is 14.2. The molecule has 0 saturated heterocycles. The lowest BCUT2D eigenvalue weighted by Gasteiger charge is -2.22. The van der Waals surface area contributed by atoms with E-state index in [0.29, 0.717) is 0 Å². The van der Waals surface area contributed by atoms with Crippen LogP contribution in [0.1, 0.15) is 26.3 Å². The molecular formula is C64H46. The van der Waals surface area contributed by atoms with Crippen LogP contribution in [-0.4, -0.2) is 0 Å². The third-order valence-corrected chi connectivity index (χ3v) is 13.6. The van der Waals surface area contributed by atoms with Gasteiger partial charge in [0, 0.05) is 0 Å². The molecule has 0 spiro atoms. The van der Waals surface area contributed by atoms with Gasteiger partial charge in [0.1, 0.15) is 0 Å². The van der Waals surface area contributed by atoms with Crippen LogP contribution >= 0.6 is 0 Å². The van der Waals surface area contributed by atoms with Gasteiger partial charge in [-0.05, 0) is 162 Å². The van der Waals surface area contributed by atoms with E-state index in [1.54, 1.807) is 0 Å². The van der Waals surface area contributed by atoms with Crippen molar-refractivity contribution in [2.75, 3.05) is 0 Å². The zero-order valence-corrected chi connectivity index (χ0v) is 36.4. The number of hydrogen-bond donors (Lipinski definition) is 0. The van der Waals surface area contributed by atoms with Crippen LogP contribution in [0.2, 0.25) is 0 Å². The number of hydrogen-bond acceptors (Lipinski definition) is 0. The third-order valence-electron chi connectivity index (χ3n) is 13.6. The van der Waals surface area contributed by atoms with E-state index in [-0.39, 0.29) is 5.41 Å². The van der Waals surface area contributed by atoms with Crippen LogP contribution in [0.3, 0.4) is 0 Å². The van der Waals surface area contributed by atoms with Gasteiger partial charge in [0.15, 0.2) is 0 Å². The quantitative estimate of drug-likeness (QED) is 0.152. The maximum Gasteiger partial charge on any atom is -0.00928 e. The lowest BCUT2D eigenvalue weighted by molar-refractivity contribution is 0.590. The molecule has 0 N–H and O–H groups in total. The fourth-order valence-corrected chi connectivity index (χ4v) is 10.2. The van der Waals surface area contributed by atoms with E-state index in [0.717, 1.165) is 0 Å². The first-order valence-electron chi connectivity index (χ1n) is 22.5. The van der Waals surface area contributed by atoms with E-state index in [2.05, 4.69) is 245 Å². The molecule has 0 fully saturated rings. The summed E-state index contributed by atoms with van der Waals surface area (Å²) in [6.45, 7) is 6.93. The molecule has 12 aromatic carbocycles. The summed E-state index contributed by atoms with van der Waals surface area (Å²) in [6.07, 6.45) is 0. The molecule has 0 heterocycles. The molecule has 0 radical (unpaired) electrons. The van der Waals surface area contributed by atoms with Crippen LogP contribution in [0.25, 0.3) is 120 Å². The van der Waals surface area contributed by atoms with Crippen molar-refractivity contribution in [2.45, 2.75) is 26.2 Å². The number of rotatable bonds is 5. The zero-order valence-electron chi connectivity index (χ0n) is 36.4. The van der Waals surface area contributed by atoms with Crippen molar-refractivity contribution < 1.29 is 0 Å². The minimum Gasteiger partial charge on any atom is -0.0616 e. The Morgan fingerprint density at radius 2 is 0.438 bits per heavy atom. The van der Waals surface area contributed by atoms with Gasteiger partial charge in [-0.2, -0.15) is 0 Å². The fourth-order valence-electron chi connectivity index (χ4n) is 10.2. The normalized spacial score (nSPS) is 12.0. The van der Waals surface area contributed by atoms with Crippen molar-refractivity contribution in [1.82, 2.24) is 0 Å². The molecule has 12 aromatic rings. The smallest absolute Gasteiger partial charge is 0.00928 e. The second-order valence-electron chi connectivity index (χ2n) is 18.5. The minimum absolute atomic E-state index is 0.0208. The Morgan fingerprint density at radius 3 is 0.812 bits per heavy atom. The van der Waals surface area contributed by atoms with Gasteiger partial charge < -0.3 is 0 Å². The zero-order chi connectivity index (χ0) is 42.9. The molecule has 0 bridgehead atoms. The van der Waals surface area contributed by atoms with Crippen molar-refractivity contribution in [3.8, 4) is 55.6 Å². The van der Waals surface area contributed by atoms with Crippen molar-refractivity contribution >= 4 is 64.6 Å². The Bertz CT molecular complexity index is 3730. The molecule has 64 heavy (non-hydrogen) atoms. The average molecular weight is 815 g/mol. The lowest BCUT2D eigenvalue weighted by Crippen LogP contribution is -2.11. The Hall–Kier alpha value is -7.80.